The maximum Gasteiger partial charge on any atom is 0.226 e. The lowest BCUT2D eigenvalue weighted by atomic mass is 10.0. The van der Waals surface area contributed by atoms with Crippen molar-refractivity contribution >= 4 is 34.5 Å². The van der Waals surface area contributed by atoms with E-state index in [0.717, 1.165) is 0 Å². The topological polar surface area (TPSA) is 108 Å². The molecular formula is C21H29ClN6O2. The molecule has 0 bridgehead atoms. The number of anilines is 2. The molecule has 3 rings (SSSR count). The molecule has 0 aliphatic rings. The quantitative estimate of drug-likeness (QED) is 0.419. The Bertz CT molecular complexity index is 1030. The van der Waals surface area contributed by atoms with Crippen molar-refractivity contribution < 1.29 is 10.2 Å². The standard InChI is InChI=1S/C21H29ClN6O2/c1-12(2)28-11-24-16-18(23-10-14-7-6-8-15(22)17(14)29)26-20(27-19(16)28)25-13(3)9-21(4,5)30/h6-8,11-13,29-30H,9-10H2,1-5H3,(H2,23,25,26,27). The number of nitrogens with one attached hydrogen (secondary N) is 2. The average Bonchev–Trinajstić information content (AvgIpc) is 3.05. The number of nitrogens with zero attached hydrogens (tertiary/aromatic N) is 4. The number of hydrogen-bond donors (Lipinski definition) is 4. The second-order valence-electron chi connectivity index (χ2n) is 8.48. The summed E-state index contributed by atoms with van der Waals surface area (Å²) in [6.45, 7) is 9.96. The first-order valence-corrected chi connectivity index (χ1v) is 10.4. The fourth-order valence-corrected chi connectivity index (χ4v) is 3.58. The van der Waals surface area contributed by atoms with Gasteiger partial charge in [0.15, 0.2) is 17.0 Å². The summed E-state index contributed by atoms with van der Waals surface area (Å²) in [5.41, 5.74) is 1.20. The lowest BCUT2D eigenvalue weighted by Gasteiger charge is -2.23. The van der Waals surface area contributed by atoms with Crippen LogP contribution in [0.15, 0.2) is 24.5 Å². The van der Waals surface area contributed by atoms with Crippen molar-refractivity contribution in [3.8, 4) is 5.75 Å². The van der Waals surface area contributed by atoms with Gasteiger partial charge in [-0.3, -0.25) is 0 Å². The first kappa shape index (κ1) is 22.1. The molecule has 0 aliphatic carbocycles. The third-order valence-electron chi connectivity index (χ3n) is 4.68. The van der Waals surface area contributed by atoms with Crippen LogP contribution in [0.25, 0.3) is 11.2 Å². The number of halogens is 1. The monoisotopic (exact) mass is 432 g/mol. The van der Waals surface area contributed by atoms with E-state index in [1.165, 1.54) is 0 Å². The maximum atomic E-state index is 10.2. The molecule has 1 aromatic carbocycles. The van der Waals surface area contributed by atoms with Crippen LogP contribution in [0, 0.1) is 0 Å². The molecule has 0 saturated heterocycles. The van der Waals surface area contributed by atoms with Crippen molar-refractivity contribution in [2.24, 2.45) is 0 Å². The number of hydrogen-bond acceptors (Lipinski definition) is 7. The van der Waals surface area contributed by atoms with E-state index < -0.39 is 5.60 Å². The fraction of sp³-hybridized carbons (Fsp3) is 0.476. The lowest BCUT2D eigenvalue weighted by molar-refractivity contribution is 0.0672. The van der Waals surface area contributed by atoms with Gasteiger partial charge >= 0.3 is 0 Å². The van der Waals surface area contributed by atoms with Gasteiger partial charge in [-0.25, -0.2) is 4.98 Å². The maximum absolute atomic E-state index is 10.2. The number of phenolic OH excluding ortho intramolecular Hbond substituents is 1. The number of aromatic hydroxyl groups is 1. The van der Waals surface area contributed by atoms with Gasteiger partial charge in [-0.05, 0) is 47.1 Å². The molecule has 0 fully saturated rings. The van der Waals surface area contributed by atoms with Gasteiger partial charge in [0.2, 0.25) is 5.95 Å². The number of imidazole rings is 1. The van der Waals surface area contributed by atoms with Crippen LogP contribution in [0.5, 0.6) is 5.75 Å². The van der Waals surface area contributed by atoms with Gasteiger partial charge in [0.1, 0.15) is 5.75 Å². The molecular weight excluding hydrogens is 404 g/mol. The third kappa shape index (κ3) is 5.12. The zero-order valence-electron chi connectivity index (χ0n) is 17.9. The lowest BCUT2D eigenvalue weighted by Crippen LogP contribution is -2.29. The van der Waals surface area contributed by atoms with E-state index in [2.05, 4.69) is 39.4 Å². The molecule has 0 aliphatic heterocycles. The molecule has 9 heteroatoms. The summed E-state index contributed by atoms with van der Waals surface area (Å²) in [4.78, 5) is 13.8. The molecule has 2 heterocycles. The summed E-state index contributed by atoms with van der Waals surface area (Å²) < 4.78 is 1.98. The SMILES string of the molecule is CC(CC(C)(C)O)Nc1nc(NCc2cccc(Cl)c2O)c2ncn(C(C)C)c2n1. The van der Waals surface area contributed by atoms with Crippen LogP contribution < -0.4 is 10.6 Å². The van der Waals surface area contributed by atoms with E-state index in [0.29, 0.717) is 46.5 Å². The van der Waals surface area contributed by atoms with E-state index >= 15 is 0 Å². The highest BCUT2D eigenvalue weighted by molar-refractivity contribution is 6.32. The Hall–Kier alpha value is -2.58. The molecule has 162 valence electrons. The molecule has 4 N–H and O–H groups in total. The molecule has 1 unspecified atom stereocenters. The Morgan fingerprint density at radius 1 is 1.20 bits per heavy atom. The summed E-state index contributed by atoms with van der Waals surface area (Å²) in [7, 11) is 0. The van der Waals surface area contributed by atoms with E-state index in [4.69, 9.17) is 11.6 Å². The fourth-order valence-electron chi connectivity index (χ4n) is 3.38. The molecule has 3 aromatic rings. The molecule has 8 nitrogen and oxygen atoms in total. The number of benzene rings is 1. The van der Waals surface area contributed by atoms with Crippen LogP contribution in [-0.4, -0.2) is 41.4 Å². The summed E-state index contributed by atoms with van der Waals surface area (Å²) in [6, 6.07) is 5.36. The van der Waals surface area contributed by atoms with Crippen molar-refractivity contribution in [1.82, 2.24) is 19.5 Å². The number of para-hydroxylation sites is 1. The van der Waals surface area contributed by atoms with Gasteiger partial charge in [0.25, 0.3) is 0 Å². The highest BCUT2D eigenvalue weighted by Gasteiger charge is 2.20. The van der Waals surface area contributed by atoms with E-state index in [-0.39, 0.29) is 17.8 Å². The van der Waals surface area contributed by atoms with Gasteiger partial charge in [-0.2, -0.15) is 9.97 Å². The zero-order valence-corrected chi connectivity index (χ0v) is 18.7. The molecule has 0 saturated carbocycles. The number of aromatic nitrogens is 4. The van der Waals surface area contributed by atoms with Crippen LogP contribution in [0.2, 0.25) is 5.02 Å². The van der Waals surface area contributed by atoms with Gasteiger partial charge in [-0.15, -0.1) is 0 Å². The number of rotatable bonds is 8. The molecule has 1 atom stereocenters. The van der Waals surface area contributed by atoms with Crippen LogP contribution in [0.4, 0.5) is 11.8 Å². The van der Waals surface area contributed by atoms with Crippen LogP contribution in [0.3, 0.4) is 0 Å². The normalized spacial score (nSPS) is 13.1. The smallest absolute Gasteiger partial charge is 0.226 e. The van der Waals surface area contributed by atoms with Gasteiger partial charge in [-0.1, -0.05) is 23.7 Å². The first-order chi connectivity index (χ1) is 14.0. The van der Waals surface area contributed by atoms with Crippen LogP contribution in [0.1, 0.15) is 52.6 Å². The zero-order chi connectivity index (χ0) is 22.1. The summed E-state index contributed by atoms with van der Waals surface area (Å²) in [6.07, 6.45) is 2.28. The predicted molar refractivity (Wildman–Crippen MR) is 120 cm³/mol. The van der Waals surface area contributed by atoms with Crippen LogP contribution >= 0.6 is 11.6 Å². The molecule has 0 amide bonds. The van der Waals surface area contributed by atoms with Crippen molar-refractivity contribution in [2.45, 2.75) is 65.3 Å². The van der Waals surface area contributed by atoms with E-state index in [1.54, 1.807) is 38.4 Å². The summed E-state index contributed by atoms with van der Waals surface area (Å²) in [5.74, 6) is 1.04. The number of phenols is 1. The highest BCUT2D eigenvalue weighted by atomic mass is 35.5. The predicted octanol–water partition coefficient (Wildman–Crippen LogP) is 4.34. The molecule has 30 heavy (non-hydrogen) atoms. The van der Waals surface area contributed by atoms with Gasteiger partial charge in [0.05, 0.1) is 17.0 Å². The second-order valence-corrected chi connectivity index (χ2v) is 8.88. The Morgan fingerprint density at radius 3 is 2.60 bits per heavy atom. The third-order valence-corrected chi connectivity index (χ3v) is 4.98. The summed E-state index contributed by atoms with van der Waals surface area (Å²) in [5, 5.41) is 27.1. The second kappa shape index (κ2) is 8.65. The average molecular weight is 433 g/mol. The molecule has 0 spiro atoms. The van der Waals surface area contributed by atoms with Crippen molar-refractivity contribution in [2.75, 3.05) is 10.6 Å². The van der Waals surface area contributed by atoms with Gasteiger partial charge in [0, 0.05) is 24.2 Å². The number of aliphatic hydroxyl groups is 1. The minimum absolute atomic E-state index is 0.0392. The highest BCUT2D eigenvalue weighted by Crippen LogP contribution is 2.29. The van der Waals surface area contributed by atoms with Gasteiger partial charge < -0.3 is 25.4 Å². The van der Waals surface area contributed by atoms with E-state index in [1.807, 2.05) is 11.5 Å². The largest absolute Gasteiger partial charge is 0.506 e. The van der Waals surface area contributed by atoms with Crippen molar-refractivity contribution in [3.05, 3.63) is 35.1 Å². The van der Waals surface area contributed by atoms with E-state index in [9.17, 15) is 10.2 Å². The Labute approximate surface area is 181 Å². The van der Waals surface area contributed by atoms with Crippen molar-refractivity contribution in [3.63, 3.8) is 0 Å². The van der Waals surface area contributed by atoms with Crippen LogP contribution in [-0.2, 0) is 6.54 Å². The first-order valence-electron chi connectivity index (χ1n) is 9.99. The Balaban J connectivity index is 1.94. The minimum atomic E-state index is -0.804. The molecule has 2 aromatic heterocycles. The Morgan fingerprint density at radius 2 is 1.93 bits per heavy atom. The minimum Gasteiger partial charge on any atom is -0.506 e. The van der Waals surface area contributed by atoms with Crippen molar-refractivity contribution in [1.29, 1.82) is 0 Å². The summed E-state index contributed by atoms with van der Waals surface area (Å²) >= 11 is 6.01. The Kier molecular flexibility index (Phi) is 6.38. The number of fused-ring (bicyclic) bond motifs is 1. The molecule has 0 radical (unpaired) electrons.